The van der Waals surface area contributed by atoms with E-state index in [9.17, 15) is 9.90 Å². The van der Waals surface area contributed by atoms with Gasteiger partial charge in [-0.25, -0.2) is 5.43 Å². The molecule has 0 spiro atoms. The summed E-state index contributed by atoms with van der Waals surface area (Å²) in [5, 5.41) is 14.8. The number of carbonyl (C=O) groups is 1. The molecular weight excluding hydrogens is 374 g/mol. The lowest BCUT2D eigenvalue weighted by Gasteiger charge is -2.57. The van der Waals surface area contributed by atoms with E-state index in [0.717, 1.165) is 38.5 Å². The number of carbonyl (C=O) groups excluding carboxylic acids is 1. The zero-order valence-corrected chi connectivity index (χ0v) is 18.1. The number of nitrogens with zero attached hydrogens (tertiary/aromatic N) is 2. The van der Waals surface area contributed by atoms with Crippen molar-refractivity contribution in [1.29, 1.82) is 0 Å². The number of hydrogen-bond donors (Lipinski definition) is 2. The summed E-state index contributed by atoms with van der Waals surface area (Å²) >= 11 is 0. The number of rotatable bonds is 2. The standard InChI is InChI=1S/C25H33N3O2/c1-24-11-7-18(29)15-17(24)3-4-19-20-5-6-22(25(20,2)12-8-21(19)24)27-28-23(30)16-9-13-26-14-10-16/h3,9-10,13-14,18-21,29H,4-8,11-12,15H2,1-2H3,(H,28,30)/b27-22-/t18-,19-,20-,21-,24-,25-/m0/s1. The first-order valence-corrected chi connectivity index (χ1v) is 11.6. The summed E-state index contributed by atoms with van der Waals surface area (Å²) < 4.78 is 0. The minimum absolute atomic E-state index is 0.0859. The SMILES string of the molecule is C[C@]12CC[C@H](O)CC1=CC[C@@H]1[C@@H]2CC[C@]2(C)/C(=N\NC(=O)c3ccncc3)CC[C@@H]12. The zero-order valence-electron chi connectivity index (χ0n) is 18.1. The predicted molar refractivity (Wildman–Crippen MR) is 117 cm³/mol. The van der Waals surface area contributed by atoms with Gasteiger partial charge in [-0.15, -0.1) is 0 Å². The lowest BCUT2D eigenvalue weighted by atomic mass is 9.48. The number of pyridine rings is 1. The van der Waals surface area contributed by atoms with Crippen molar-refractivity contribution in [2.45, 2.75) is 71.3 Å². The quantitative estimate of drug-likeness (QED) is 0.560. The normalized spacial score (nSPS) is 41.4. The van der Waals surface area contributed by atoms with Crippen LogP contribution in [0.2, 0.25) is 0 Å². The number of amides is 1. The third-order valence-electron chi connectivity index (χ3n) is 9.05. The lowest BCUT2D eigenvalue weighted by Crippen LogP contribution is -2.50. The van der Waals surface area contributed by atoms with E-state index < -0.39 is 0 Å². The van der Waals surface area contributed by atoms with Gasteiger partial charge >= 0.3 is 0 Å². The monoisotopic (exact) mass is 407 g/mol. The molecule has 1 aromatic rings. The third-order valence-corrected chi connectivity index (χ3v) is 9.05. The third kappa shape index (κ3) is 3.05. The lowest BCUT2D eigenvalue weighted by molar-refractivity contribution is -0.0209. The van der Waals surface area contributed by atoms with Crippen LogP contribution < -0.4 is 5.43 Å². The van der Waals surface area contributed by atoms with Gasteiger partial charge in [0.25, 0.3) is 5.91 Å². The fourth-order valence-corrected chi connectivity index (χ4v) is 7.30. The molecule has 3 fully saturated rings. The summed E-state index contributed by atoms with van der Waals surface area (Å²) in [7, 11) is 0. The fraction of sp³-hybridized carbons (Fsp3) is 0.640. The summed E-state index contributed by atoms with van der Waals surface area (Å²) in [5.74, 6) is 1.88. The molecule has 1 amide bonds. The van der Waals surface area contributed by atoms with E-state index in [2.05, 4.69) is 35.4 Å². The first-order valence-electron chi connectivity index (χ1n) is 11.6. The highest BCUT2D eigenvalue weighted by molar-refractivity contribution is 5.97. The summed E-state index contributed by atoms with van der Waals surface area (Å²) in [5.41, 5.74) is 6.44. The van der Waals surface area contributed by atoms with Gasteiger partial charge in [0.1, 0.15) is 0 Å². The van der Waals surface area contributed by atoms with Crippen LogP contribution in [0.3, 0.4) is 0 Å². The Morgan fingerprint density at radius 1 is 1.13 bits per heavy atom. The molecular formula is C25H33N3O2. The van der Waals surface area contributed by atoms with E-state index in [0.29, 0.717) is 23.3 Å². The van der Waals surface area contributed by atoms with Crippen molar-refractivity contribution in [3.05, 3.63) is 41.7 Å². The van der Waals surface area contributed by atoms with Crippen molar-refractivity contribution in [1.82, 2.24) is 10.4 Å². The van der Waals surface area contributed by atoms with Crippen LogP contribution in [0.1, 0.15) is 75.6 Å². The Morgan fingerprint density at radius 3 is 2.67 bits per heavy atom. The second-order valence-corrected chi connectivity index (χ2v) is 10.4. The largest absolute Gasteiger partial charge is 0.393 e. The highest BCUT2D eigenvalue weighted by Gasteiger charge is 2.57. The molecule has 6 atom stereocenters. The van der Waals surface area contributed by atoms with Crippen LogP contribution in [0.4, 0.5) is 0 Å². The second-order valence-electron chi connectivity index (χ2n) is 10.4. The topological polar surface area (TPSA) is 74.6 Å². The number of nitrogens with one attached hydrogen (secondary N) is 1. The number of allylic oxidation sites excluding steroid dienone is 1. The van der Waals surface area contributed by atoms with Crippen LogP contribution in [0.25, 0.3) is 0 Å². The van der Waals surface area contributed by atoms with Gasteiger partial charge in [0.2, 0.25) is 0 Å². The van der Waals surface area contributed by atoms with E-state index in [-0.39, 0.29) is 22.8 Å². The maximum atomic E-state index is 12.4. The molecule has 1 heterocycles. The maximum Gasteiger partial charge on any atom is 0.271 e. The number of hydrazone groups is 1. The van der Waals surface area contributed by atoms with E-state index in [1.54, 1.807) is 24.5 Å². The molecule has 1 aromatic heterocycles. The average Bonchev–Trinajstić information content (AvgIpc) is 3.09. The number of fused-ring (bicyclic) bond motifs is 5. The minimum atomic E-state index is -0.163. The van der Waals surface area contributed by atoms with Gasteiger partial charge in [-0.05, 0) is 86.7 Å². The highest BCUT2D eigenvalue weighted by atomic mass is 16.3. The van der Waals surface area contributed by atoms with Gasteiger partial charge in [0.15, 0.2) is 0 Å². The van der Waals surface area contributed by atoms with E-state index in [1.807, 2.05) is 0 Å². The van der Waals surface area contributed by atoms with Gasteiger partial charge in [0.05, 0.1) is 6.10 Å². The fourth-order valence-electron chi connectivity index (χ4n) is 7.30. The summed E-state index contributed by atoms with van der Waals surface area (Å²) in [6.07, 6.45) is 14.2. The molecule has 0 saturated heterocycles. The molecule has 4 aliphatic rings. The van der Waals surface area contributed by atoms with Crippen LogP contribution in [-0.2, 0) is 0 Å². The first-order chi connectivity index (χ1) is 14.4. The molecule has 0 bridgehead atoms. The van der Waals surface area contributed by atoms with Crippen LogP contribution >= 0.6 is 0 Å². The molecule has 0 unspecified atom stereocenters. The molecule has 0 radical (unpaired) electrons. The van der Waals surface area contributed by atoms with Crippen molar-refractivity contribution in [3.8, 4) is 0 Å². The van der Waals surface area contributed by atoms with E-state index in [4.69, 9.17) is 0 Å². The first kappa shape index (κ1) is 19.9. The van der Waals surface area contributed by atoms with Crippen molar-refractivity contribution < 1.29 is 9.90 Å². The molecule has 0 aliphatic heterocycles. The Hall–Kier alpha value is -2.01. The summed E-state index contributed by atoms with van der Waals surface area (Å²) in [4.78, 5) is 16.4. The van der Waals surface area contributed by atoms with Crippen LogP contribution in [0.15, 0.2) is 41.3 Å². The Labute approximate surface area is 179 Å². The smallest absolute Gasteiger partial charge is 0.271 e. The Bertz CT molecular complexity index is 895. The second kappa shape index (κ2) is 7.30. The Morgan fingerprint density at radius 2 is 1.87 bits per heavy atom. The summed E-state index contributed by atoms with van der Waals surface area (Å²) in [6, 6.07) is 3.43. The van der Waals surface area contributed by atoms with Gasteiger partial charge < -0.3 is 5.11 Å². The zero-order chi connectivity index (χ0) is 20.9. The van der Waals surface area contributed by atoms with Crippen molar-refractivity contribution in [2.75, 3.05) is 0 Å². The van der Waals surface area contributed by atoms with Gasteiger partial charge in [0, 0.05) is 29.1 Å². The van der Waals surface area contributed by atoms with E-state index in [1.165, 1.54) is 24.1 Å². The molecule has 5 nitrogen and oxygen atoms in total. The van der Waals surface area contributed by atoms with Crippen LogP contribution in [-0.4, -0.2) is 27.8 Å². The summed E-state index contributed by atoms with van der Waals surface area (Å²) in [6.45, 7) is 4.84. The highest BCUT2D eigenvalue weighted by Crippen LogP contribution is 2.64. The van der Waals surface area contributed by atoms with Crippen molar-refractivity contribution >= 4 is 11.6 Å². The van der Waals surface area contributed by atoms with Gasteiger partial charge in [-0.1, -0.05) is 25.5 Å². The molecule has 160 valence electrons. The van der Waals surface area contributed by atoms with Crippen LogP contribution in [0, 0.1) is 28.6 Å². The molecule has 5 rings (SSSR count). The molecule has 3 saturated carbocycles. The van der Waals surface area contributed by atoms with Gasteiger partial charge in [-0.3, -0.25) is 9.78 Å². The molecule has 0 aromatic carbocycles. The van der Waals surface area contributed by atoms with Crippen molar-refractivity contribution in [3.63, 3.8) is 0 Å². The van der Waals surface area contributed by atoms with E-state index >= 15 is 0 Å². The number of hydrogen-bond acceptors (Lipinski definition) is 4. The van der Waals surface area contributed by atoms with Gasteiger partial charge in [-0.2, -0.15) is 5.10 Å². The number of aliphatic hydroxyl groups excluding tert-OH is 1. The predicted octanol–water partition coefficient (Wildman–Crippen LogP) is 4.49. The van der Waals surface area contributed by atoms with Crippen LogP contribution in [0.5, 0.6) is 0 Å². The molecule has 5 heteroatoms. The minimum Gasteiger partial charge on any atom is -0.393 e. The average molecular weight is 408 g/mol. The Kier molecular flexibility index (Phi) is 4.85. The molecule has 4 aliphatic carbocycles. The number of aliphatic hydroxyl groups is 1. The number of aromatic nitrogens is 1. The molecule has 2 N–H and O–H groups in total. The maximum absolute atomic E-state index is 12.4. The molecule has 30 heavy (non-hydrogen) atoms. The van der Waals surface area contributed by atoms with Crippen molar-refractivity contribution in [2.24, 2.45) is 33.7 Å². The Balaban J connectivity index is 1.36.